The highest BCUT2D eigenvalue weighted by Gasteiger charge is 2.21. The van der Waals surface area contributed by atoms with Crippen molar-refractivity contribution in [3.63, 3.8) is 0 Å². The number of likely N-dealkylation sites (tertiary alicyclic amines) is 1. The first-order chi connectivity index (χ1) is 15.6. The van der Waals surface area contributed by atoms with E-state index in [1.807, 2.05) is 34.6 Å². The van der Waals surface area contributed by atoms with Crippen LogP contribution in [0.4, 0.5) is 5.95 Å². The van der Waals surface area contributed by atoms with Gasteiger partial charge in [0.2, 0.25) is 5.95 Å². The van der Waals surface area contributed by atoms with Crippen LogP contribution >= 0.6 is 0 Å². The first-order valence-corrected chi connectivity index (χ1v) is 11.1. The van der Waals surface area contributed by atoms with E-state index < -0.39 is 0 Å². The SMILES string of the molecule is COCCCn1c(NC(=O)c2cccc(C)c2)nc2cc(C(=O)N3CCCCC3)cnc21. The summed E-state index contributed by atoms with van der Waals surface area (Å²) in [5.74, 6) is 0.165. The molecule has 3 heterocycles. The van der Waals surface area contributed by atoms with E-state index in [1.165, 1.54) is 0 Å². The number of aryl methyl sites for hydroxylation is 2. The standard InChI is InChI=1S/C24H29N5O3/c1-17-8-6-9-18(14-17)22(30)27-24-26-20-15-19(23(31)28-10-4-3-5-11-28)16-25-21(20)29(24)12-7-13-32-2/h6,8-9,14-16H,3-5,7,10-13H2,1-2H3,(H,26,27,30). The van der Waals surface area contributed by atoms with Crippen LogP contribution < -0.4 is 5.32 Å². The monoisotopic (exact) mass is 435 g/mol. The molecule has 32 heavy (non-hydrogen) atoms. The molecule has 1 saturated heterocycles. The number of fused-ring (bicyclic) bond motifs is 1. The van der Waals surface area contributed by atoms with Crippen LogP contribution in [0.3, 0.4) is 0 Å². The number of nitrogens with one attached hydrogen (secondary N) is 1. The summed E-state index contributed by atoms with van der Waals surface area (Å²) in [7, 11) is 1.66. The fourth-order valence-electron chi connectivity index (χ4n) is 4.04. The number of pyridine rings is 1. The van der Waals surface area contributed by atoms with Gasteiger partial charge in [-0.05, 0) is 50.8 Å². The van der Waals surface area contributed by atoms with Crippen LogP contribution in [0.15, 0.2) is 36.5 Å². The Morgan fingerprint density at radius 2 is 1.94 bits per heavy atom. The van der Waals surface area contributed by atoms with E-state index in [1.54, 1.807) is 25.4 Å². The summed E-state index contributed by atoms with van der Waals surface area (Å²) >= 11 is 0. The molecular formula is C24H29N5O3. The van der Waals surface area contributed by atoms with Crippen LogP contribution in [0.2, 0.25) is 0 Å². The average molecular weight is 436 g/mol. The number of methoxy groups -OCH3 is 1. The van der Waals surface area contributed by atoms with Gasteiger partial charge in [0.15, 0.2) is 5.65 Å². The number of carbonyl (C=O) groups is 2. The number of aromatic nitrogens is 3. The minimum absolute atomic E-state index is 0.0154. The number of piperidine rings is 1. The van der Waals surface area contributed by atoms with E-state index >= 15 is 0 Å². The topological polar surface area (TPSA) is 89.3 Å². The molecule has 8 heteroatoms. The Labute approximate surface area is 187 Å². The van der Waals surface area contributed by atoms with Crippen LogP contribution in [0.5, 0.6) is 0 Å². The van der Waals surface area contributed by atoms with E-state index in [2.05, 4.69) is 15.3 Å². The number of imidazole rings is 1. The molecule has 8 nitrogen and oxygen atoms in total. The zero-order chi connectivity index (χ0) is 22.5. The Kier molecular flexibility index (Phi) is 6.80. The molecule has 0 aliphatic carbocycles. The fourth-order valence-corrected chi connectivity index (χ4v) is 4.04. The van der Waals surface area contributed by atoms with Crippen LogP contribution in [-0.4, -0.2) is 58.1 Å². The highest BCUT2D eigenvalue weighted by Crippen LogP contribution is 2.22. The maximum absolute atomic E-state index is 12.9. The zero-order valence-electron chi connectivity index (χ0n) is 18.6. The predicted octanol–water partition coefficient (Wildman–Crippen LogP) is 3.65. The van der Waals surface area contributed by atoms with Gasteiger partial charge in [-0.3, -0.25) is 19.5 Å². The Bertz CT molecular complexity index is 1120. The first kappa shape index (κ1) is 22.0. The van der Waals surface area contributed by atoms with E-state index in [4.69, 9.17) is 4.74 Å². The van der Waals surface area contributed by atoms with Crippen molar-refractivity contribution < 1.29 is 14.3 Å². The second-order valence-corrected chi connectivity index (χ2v) is 8.18. The van der Waals surface area contributed by atoms with Crippen molar-refractivity contribution in [3.8, 4) is 0 Å². The van der Waals surface area contributed by atoms with Crippen molar-refractivity contribution in [1.82, 2.24) is 19.4 Å². The number of ether oxygens (including phenoxy) is 1. The molecule has 1 aliphatic heterocycles. The minimum atomic E-state index is -0.235. The van der Waals surface area contributed by atoms with Crippen molar-refractivity contribution in [2.75, 3.05) is 32.1 Å². The highest BCUT2D eigenvalue weighted by atomic mass is 16.5. The number of hydrogen-bond acceptors (Lipinski definition) is 5. The maximum Gasteiger partial charge on any atom is 0.257 e. The van der Waals surface area contributed by atoms with Gasteiger partial charge in [-0.2, -0.15) is 0 Å². The third kappa shape index (κ3) is 4.80. The molecule has 0 unspecified atom stereocenters. The van der Waals surface area contributed by atoms with Gasteiger partial charge >= 0.3 is 0 Å². The number of anilines is 1. The van der Waals surface area contributed by atoms with Crippen molar-refractivity contribution in [3.05, 3.63) is 53.2 Å². The number of amides is 2. The Hall–Kier alpha value is -3.26. The molecule has 1 fully saturated rings. The summed E-state index contributed by atoms with van der Waals surface area (Å²) in [5, 5.41) is 2.92. The minimum Gasteiger partial charge on any atom is -0.385 e. The molecule has 3 aromatic rings. The van der Waals surface area contributed by atoms with Gasteiger partial charge in [-0.15, -0.1) is 0 Å². The molecule has 2 aromatic heterocycles. The third-order valence-corrected chi connectivity index (χ3v) is 5.71. The molecule has 0 spiro atoms. The zero-order valence-corrected chi connectivity index (χ0v) is 18.6. The number of rotatable bonds is 7. The number of carbonyl (C=O) groups excluding carboxylic acids is 2. The Morgan fingerprint density at radius 3 is 2.69 bits per heavy atom. The van der Waals surface area contributed by atoms with Gasteiger partial charge in [0.05, 0.1) is 5.56 Å². The van der Waals surface area contributed by atoms with E-state index in [0.717, 1.165) is 44.3 Å². The second-order valence-electron chi connectivity index (χ2n) is 8.18. The van der Waals surface area contributed by atoms with Gasteiger partial charge in [-0.25, -0.2) is 9.97 Å². The quantitative estimate of drug-likeness (QED) is 0.572. The second kappa shape index (κ2) is 9.91. The molecule has 0 saturated carbocycles. The smallest absolute Gasteiger partial charge is 0.257 e. The molecule has 2 amide bonds. The summed E-state index contributed by atoms with van der Waals surface area (Å²) < 4.78 is 7.05. The lowest BCUT2D eigenvalue weighted by Crippen LogP contribution is -2.35. The molecule has 4 rings (SSSR count). The largest absolute Gasteiger partial charge is 0.385 e. The summed E-state index contributed by atoms with van der Waals surface area (Å²) in [6, 6.07) is 9.18. The van der Waals surface area contributed by atoms with Crippen molar-refractivity contribution in [2.45, 2.75) is 39.2 Å². The molecule has 1 aliphatic rings. The summed E-state index contributed by atoms with van der Waals surface area (Å²) in [4.78, 5) is 36.8. The van der Waals surface area contributed by atoms with E-state index in [-0.39, 0.29) is 11.8 Å². The Balaban J connectivity index is 1.64. The molecule has 1 aromatic carbocycles. The maximum atomic E-state index is 12.9. The van der Waals surface area contributed by atoms with Crippen LogP contribution in [0.25, 0.3) is 11.2 Å². The molecule has 0 radical (unpaired) electrons. The van der Waals surface area contributed by atoms with Gasteiger partial charge in [0.1, 0.15) is 5.52 Å². The van der Waals surface area contributed by atoms with E-state index in [9.17, 15) is 9.59 Å². The Morgan fingerprint density at radius 1 is 1.12 bits per heavy atom. The molecule has 0 bridgehead atoms. The highest BCUT2D eigenvalue weighted by molar-refractivity contribution is 6.04. The third-order valence-electron chi connectivity index (χ3n) is 5.71. The lowest BCUT2D eigenvalue weighted by Gasteiger charge is -2.26. The lowest BCUT2D eigenvalue weighted by molar-refractivity contribution is 0.0724. The van der Waals surface area contributed by atoms with Crippen LogP contribution in [-0.2, 0) is 11.3 Å². The molecular weight excluding hydrogens is 406 g/mol. The normalized spacial score (nSPS) is 14.0. The van der Waals surface area contributed by atoms with Gasteiger partial charge < -0.3 is 9.64 Å². The average Bonchev–Trinajstić information content (AvgIpc) is 3.15. The predicted molar refractivity (Wildman–Crippen MR) is 123 cm³/mol. The number of hydrogen-bond donors (Lipinski definition) is 1. The van der Waals surface area contributed by atoms with Crippen LogP contribution in [0.1, 0.15) is 52.0 Å². The van der Waals surface area contributed by atoms with Crippen molar-refractivity contribution >= 4 is 28.9 Å². The lowest BCUT2D eigenvalue weighted by atomic mass is 10.1. The van der Waals surface area contributed by atoms with Gasteiger partial charge in [0.25, 0.3) is 11.8 Å². The van der Waals surface area contributed by atoms with Gasteiger partial charge in [-0.1, -0.05) is 17.7 Å². The fraction of sp³-hybridized carbons (Fsp3) is 0.417. The molecule has 168 valence electrons. The number of benzene rings is 1. The summed E-state index contributed by atoms with van der Waals surface area (Å²) in [6.07, 6.45) is 5.58. The molecule has 0 atom stereocenters. The van der Waals surface area contributed by atoms with Crippen molar-refractivity contribution in [2.24, 2.45) is 0 Å². The van der Waals surface area contributed by atoms with Crippen molar-refractivity contribution in [1.29, 1.82) is 0 Å². The first-order valence-electron chi connectivity index (χ1n) is 11.1. The van der Waals surface area contributed by atoms with Gasteiger partial charge in [0, 0.05) is 45.1 Å². The van der Waals surface area contributed by atoms with Crippen LogP contribution in [0, 0.1) is 6.92 Å². The van der Waals surface area contributed by atoms with E-state index in [0.29, 0.717) is 41.4 Å². The summed E-state index contributed by atoms with van der Waals surface area (Å²) in [5.41, 5.74) is 3.32. The number of nitrogens with zero attached hydrogens (tertiary/aromatic N) is 4. The molecule has 1 N–H and O–H groups in total. The summed E-state index contributed by atoms with van der Waals surface area (Å²) in [6.45, 7) is 4.67.